The number of carbonyl (C=O) groups excluding carboxylic acids is 5. The van der Waals surface area contributed by atoms with E-state index in [0.717, 1.165) is 0 Å². The van der Waals surface area contributed by atoms with Crippen molar-refractivity contribution in [2.24, 2.45) is 0 Å². The predicted molar refractivity (Wildman–Crippen MR) is 135 cm³/mol. The summed E-state index contributed by atoms with van der Waals surface area (Å²) in [6.45, 7) is 3.29. The Labute approximate surface area is 228 Å². The molecule has 16 nitrogen and oxygen atoms in total. The van der Waals surface area contributed by atoms with Crippen LogP contribution in [0.25, 0.3) is 0 Å². The molecule has 0 atom stereocenters. The van der Waals surface area contributed by atoms with Gasteiger partial charge in [-0.15, -0.1) is 0 Å². The molecule has 0 rings (SSSR count). The van der Waals surface area contributed by atoms with Crippen molar-refractivity contribution >= 4 is 47.5 Å². The fourth-order valence-corrected chi connectivity index (χ4v) is 2.67. The van der Waals surface area contributed by atoms with Crippen molar-refractivity contribution in [1.29, 1.82) is 0 Å². The molecule has 0 aromatic heterocycles. The molecule has 0 saturated heterocycles. The number of carbonyl (C=O) groups is 8. The first-order chi connectivity index (χ1) is 18.4. The third-order valence-corrected chi connectivity index (χ3v) is 4.32. The Morgan fingerprint density at radius 2 is 0.950 bits per heavy atom. The first-order valence-corrected chi connectivity index (χ1v) is 11.5. The monoisotopic (exact) mass is 568 g/mol. The van der Waals surface area contributed by atoms with Crippen LogP contribution in [0.5, 0.6) is 0 Å². The number of esters is 1. The van der Waals surface area contributed by atoms with Crippen molar-refractivity contribution in [1.82, 2.24) is 21.3 Å². The number of carboxylic acid groups (broad SMARTS) is 3. The van der Waals surface area contributed by atoms with E-state index in [2.05, 4.69) is 21.3 Å². The van der Waals surface area contributed by atoms with Crippen LogP contribution in [0.4, 0.5) is 0 Å². The lowest BCUT2D eigenvalue weighted by Crippen LogP contribution is -2.66. The molecule has 40 heavy (non-hydrogen) atoms. The summed E-state index contributed by atoms with van der Waals surface area (Å²) in [7, 11) is 0. The summed E-state index contributed by atoms with van der Waals surface area (Å²) in [6, 6.07) is 0. The minimum absolute atomic E-state index is 0.353. The summed E-state index contributed by atoms with van der Waals surface area (Å²) in [5, 5.41) is 35.5. The molecule has 0 aromatic carbocycles. The third kappa shape index (κ3) is 18.3. The van der Waals surface area contributed by atoms with E-state index in [1.165, 1.54) is 0 Å². The van der Waals surface area contributed by atoms with Crippen LogP contribution in [0.1, 0.15) is 33.6 Å². The zero-order valence-electron chi connectivity index (χ0n) is 22.0. The molecule has 0 aliphatic heterocycles. The van der Waals surface area contributed by atoms with E-state index in [1.54, 1.807) is 20.8 Å². The second kappa shape index (κ2) is 16.7. The van der Waals surface area contributed by atoms with E-state index in [1.807, 2.05) is 0 Å². The minimum Gasteiger partial charge on any atom is -0.478 e. The van der Waals surface area contributed by atoms with E-state index < -0.39 is 84.7 Å². The Morgan fingerprint density at radius 1 is 0.600 bits per heavy atom. The molecule has 0 aliphatic rings. The fraction of sp³-hybridized carbons (Fsp3) is 0.417. The van der Waals surface area contributed by atoms with Crippen LogP contribution >= 0.6 is 0 Å². The molecule has 16 heteroatoms. The van der Waals surface area contributed by atoms with E-state index >= 15 is 0 Å². The molecule has 0 saturated carbocycles. The number of ether oxygens (including phenoxy) is 1. The smallest absolute Gasteiger partial charge is 0.328 e. The van der Waals surface area contributed by atoms with Gasteiger partial charge >= 0.3 is 23.9 Å². The van der Waals surface area contributed by atoms with Gasteiger partial charge in [-0.1, -0.05) is 0 Å². The molecular formula is C24H32N4O12. The molecule has 0 unspecified atom stereocenters. The highest BCUT2D eigenvalue weighted by atomic mass is 16.6. The molecule has 0 fully saturated rings. The van der Waals surface area contributed by atoms with Gasteiger partial charge < -0.3 is 41.3 Å². The average molecular weight is 569 g/mol. The number of aliphatic carboxylic acids is 3. The lowest BCUT2D eigenvalue weighted by Gasteiger charge is -2.35. The second-order valence-electron chi connectivity index (χ2n) is 9.08. The minimum atomic E-state index is -1.74. The lowest BCUT2D eigenvalue weighted by molar-refractivity contribution is -0.155. The van der Waals surface area contributed by atoms with Crippen molar-refractivity contribution in [3.05, 3.63) is 36.5 Å². The molecule has 0 bridgehead atoms. The average Bonchev–Trinajstić information content (AvgIpc) is 2.83. The molecule has 220 valence electrons. The van der Waals surface area contributed by atoms with Crippen LogP contribution in [0.3, 0.4) is 0 Å². The molecule has 7 N–H and O–H groups in total. The molecular weight excluding hydrogens is 536 g/mol. The number of hydrogen-bond donors (Lipinski definition) is 7. The van der Waals surface area contributed by atoms with E-state index in [9.17, 15) is 38.4 Å². The van der Waals surface area contributed by atoms with Gasteiger partial charge in [0.05, 0.1) is 12.0 Å². The van der Waals surface area contributed by atoms with Crippen LogP contribution in [-0.2, 0) is 43.1 Å². The standard InChI is InChI=1S/C24H32N4O12/c1-23(2,3)40-22(39)11-7-18(32)28-24(12-25-15(29)4-8-19(33)34,13-26-16(30)5-9-20(35)36)14-27-17(31)6-10-21(37)38/h4-6,8-10H,7,11-14H2,1-3H3,(H,25,29)(H,26,30)(H,27,31)(H,28,32)(H,33,34)(H,35,36)(H,37,38)/b8-4-,9-5-,10-6-. The first-order valence-electron chi connectivity index (χ1n) is 11.5. The fourth-order valence-electron chi connectivity index (χ4n) is 2.67. The third-order valence-electron chi connectivity index (χ3n) is 4.32. The largest absolute Gasteiger partial charge is 0.478 e. The van der Waals surface area contributed by atoms with Crippen molar-refractivity contribution in [3.8, 4) is 0 Å². The summed E-state index contributed by atoms with van der Waals surface area (Å²) in [5.74, 6) is -8.53. The van der Waals surface area contributed by atoms with Crippen molar-refractivity contribution < 1.29 is 58.4 Å². The summed E-state index contributed by atoms with van der Waals surface area (Å²) >= 11 is 0. The lowest BCUT2D eigenvalue weighted by atomic mass is 9.97. The topological polar surface area (TPSA) is 255 Å². The Balaban J connectivity index is 6.02. The van der Waals surface area contributed by atoms with E-state index in [4.69, 9.17) is 20.1 Å². The highest BCUT2D eigenvalue weighted by Crippen LogP contribution is 2.10. The second-order valence-corrected chi connectivity index (χ2v) is 9.08. The maximum absolute atomic E-state index is 12.8. The summed E-state index contributed by atoms with van der Waals surface area (Å²) in [5.41, 5.74) is -2.55. The zero-order chi connectivity index (χ0) is 30.9. The molecule has 4 amide bonds. The van der Waals surface area contributed by atoms with Crippen LogP contribution in [0.2, 0.25) is 0 Å². The summed E-state index contributed by atoms with van der Waals surface area (Å²) < 4.78 is 5.14. The van der Waals surface area contributed by atoms with Crippen LogP contribution < -0.4 is 21.3 Å². The predicted octanol–water partition coefficient (Wildman–Crippen LogP) is -1.77. The van der Waals surface area contributed by atoms with Gasteiger partial charge in [-0.3, -0.25) is 24.0 Å². The van der Waals surface area contributed by atoms with Gasteiger partial charge in [-0.25, -0.2) is 14.4 Å². The van der Waals surface area contributed by atoms with Gasteiger partial charge in [-0.2, -0.15) is 0 Å². The maximum atomic E-state index is 12.8. The molecule has 0 spiro atoms. The Hall–Kier alpha value is -5.02. The highest BCUT2D eigenvalue weighted by molar-refractivity contribution is 5.95. The van der Waals surface area contributed by atoms with E-state index in [-0.39, 0.29) is 6.42 Å². The van der Waals surface area contributed by atoms with Gasteiger partial charge in [0.15, 0.2) is 0 Å². The Kier molecular flexibility index (Phi) is 14.6. The van der Waals surface area contributed by atoms with Crippen molar-refractivity contribution in [2.45, 2.75) is 44.8 Å². The van der Waals surface area contributed by atoms with Crippen molar-refractivity contribution in [2.75, 3.05) is 19.6 Å². The van der Waals surface area contributed by atoms with Crippen molar-refractivity contribution in [3.63, 3.8) is 0 Å². The van der Waals surface area contributed by atoms with Gasteiger partial charge in [0.25, 0.3) is 0 Å². The van der Waals surface area contributed by atoms with Gasteiger partial charge in [0.1, 0.15) is 5.60 Å². The number of hydrogen-bond acceptors (Lipinski definition) is 9. The number of amides is 4. The molecule has 0 heterocycles. The van der Waals surface area contributed by atoms with Gasteiger partial charge in [0.2, 0.25) is 23.6 Å². The molecule has 0 radical (unpaired) electrons. The SMILES string of the molecule is CC(C)(C)OC(=O)CCC(=O)NC(CNC(=O)/C=C\C(=O)O)(CNC(=O)/C=C\C(=O)O)CNC(=O)/C=C\C(=O)O. The quantitative estimate of drug-likeness (QED) is 0.0807. The van der Waals surface area contributed by atoms with Gasteiger partial charge in [0, 0.05) is 62.5 Å². The maximum Gasteiger partial charge on any atom is 0.328 e. The zero-order valence-corrected chi connectivity index (χ0v) is 22.0. The van der Waals surface area contributed by atoms with Crippen LogP contribution in [-0.4, -0.2) is 93.6 Å². The van der Waals surface area contributed by atoms with E-state index in [0.29, 0.717) is 36.5 Å². The number of rotatable bonds is 16. The summed E-state index contributed by atoms with van der Waals surface area (Å²) in [6.07, 6.45) is 2.84. The molecule has 0 aromatic rings. The highest BCUT2D eigenvalue weighted by Gasteiger charge is 2.34. The number of carboxylic acids is 3. The Bertz CT molecular complexity index is 988. The summed E-state index contributed by atoms with van der Waals surface area (Å²) in [4.78, 5) is 93.1. The molecule has 0 aliphatic carbocycles. The Morgan fingerprint density at radius 3 is 1.25 bits per heavy atom. The van der Waals surface area contributed by atoms with Gasteiger partial charge in [-0.05, 0) is 20.8 Å². The van der Waals surface area contributed by atoms with Crippen LogP contribution in [0.15, 0.2) is 36.5 Å². The normalized spacial score (nSPS) is 11.7. The first kappa shape index (κ1) is 35.0. The van der Waals surface area contributed by atoms with Crippen LogP contribution in [0, 0.1) is 0 Å². The number of nitrogens with one attached hydrogen (secondary N) is 4.